The summed E-state index contributed by atoms with van der Waals surface area (Å²) in [6.45, 7) is 0. The number of carboxylic acid groups (broad SMARTS) is 1. The van der Waals surface area contributed by atoms with E-state index in [2.05, 4.69) is 19.6 Å². The molecule has 2 rings (SSSR count). The highest BCUT2D eigenvalue weighted by Crippen LogP contribution is 2.19. The molecular formula is C8H4FN3O3. The zero-order valence-corrected chi connectivity index (χ0v) is 7.22. The van der Waals surface area contributed by atoms with E-state index >= 15 is 0 Å². The summed E-state index contributed by atoms with van der Waals surface area (Å²) in [6, 6.07) is 1.31. The van der Waals surface area contributed by atoms with Crippen LogP contribution in [0.4, 0.5) is 4.39 Å². The van der Waals surface area contributed by atoms with Crippen LogP contribution in [-0.4, -0.2) is 26.2 Å². The van der Waals surface area contributed by atoms with Gasteiger partial charge < -0.3 is 9.63 Å². The smallest absolute Gasteiger partial charge is 0.377 e. The van der Waals surface area contributed by atoms with E-state index in [0.29, 0.717) is 0 Å². The maximum Gasteiger partial charge on any atom is 0.377 e. The Balaban J connectivity index is 2.46. The summed E-state index contributed by atoms with van der Waals surface area (Å²) in [7, 11) is 0. The standard InChI is InChI=1S/C8H4FN3O3/c9-5-3-10-2-1-4(5)7-11-6(8(13)14)12-15-7/h1-3H,(H,13,14). The molecule has 0 aliphatic rings. The van der Waals surface area contributed by atoms with Crippen LogP contribution >= 0.6 is 0 Å². The largest absolute Gasteiger partial charge is 0.475 e. The molecule has 0 saturated carbocycles. The molecule has 0 saturated heterocycles. The first-order valence-electron chi connectivity index (χ1n) is 3.85. The minimum Gasteiger partial charge on any atom is -0.475 e. The highest BCUT2D eigenvalue weighted by atomic mass is 19.1. The first-order chi connectivity index (χ1) is 7.18. The van der Waals surface area contributed by atoms with Crippen LogP contribution in [0.15, 0.2) is 23.0 Å². The molecule has 0 spiro atoms. The third-order valence-corrected chi connectivity index (χ3v) is 1.62. The van der Waals surface area contributed by atoms with Gasteiger partial charge in [0, 0.05) is 6.20 Å². The number of rotatable bonds is 2. The molecule has 0 aliphatic carbocycles. The average molecular weight is 209 g/mol. The number of nitrogens with zero attached hydrogens (tertiary/aromatic N) is 3. The molecule has 1 N–H and O–H groups in total. The molecule has 2 heterocycles. The number of aromatic nitrogens is 3. The zero-order chi connectivity index (χ0) is 10.8. The van der Waals surface area contributed by atoms with Crippen LogP contribution in [0.5, 0.6) is 0 Å². The van der Waals surface area contributed by atoms with Gasteiger partial charge >= 0.3 is 5.97 Å². The van der Waals surface area contributed by atoms with E-state index in [4.69, 9.17) is 5.11 Å². The Morgan fingerprint density at radius 3 is 2.93 bits per heavy atom. The van der Waals surface area contributed by atoms with E-state index in [1.54, 1.807) is 0 Å². The molecule has 0 atom stereocenters. The Hall–Kier alpha value is -2.31. The second kappa shape index (κ2) is 3.45. The highest BCUT2D eigenvalue weighted by Gasteiger charge is 2.16. The number of carboxylic acids is 1. The number of aromatic carboxylic acids is 1. The van der Waals surface area contributed by atoms with Gasteiger partial charge in [-0.3, -0.25) is 4.98 Å². The van der Waals surface area contributed by atoms with Gasteiger partial charge in [-0.25, -0.2) is 9.18 Å². The quantitative estimate of drug-likeness (QED) is 0.792. The van der Waals surface area contributed by atoms with E-state index < -0.39 is 17.6 Å². The second-order valence-electron chi connectivity index (χ2n) is 2.58. The van der Waals surface area contributed by atoms with Crippen LogP contribution in [0.25, 0.3) is 11.5 Å². The van der Waals surface area contributed by atoms with Gasteiger partial charge in [0.1, 0.15) is 0 Å². The molecule has 15 heavy (non-hydrogen) atoms. The van der Waals surface area contributed by atoms with Crippen LogP contribution in [0.2, 0.25) is 0 Å². The number of hydrogen-bond acceptors (Lipinski definition) is 5. The predicted octanol–water partition coefficient (Wildman–Crippen LogP) is 0.969. The molecule has 2 aromatic heterocycles. The summed E-state index contributed by atoms with van der Waals surface area (Å²) < 4.78 is 17.7. The Morgan fingerprint density at radius 1 is 1.53 bits per heavy atom. The van der Waals surface area contributed by atoms with E-state index in [1.807, 2.05) is 0 Å². The van der Waals surface area contributed by atoms with Crippen LogP contribution < -0.4 is 0 Å². The third-order valence-electron chi connectivity index (χ3n) is 1.62. The van der Waals surface area contributed by atoms with E-state index in [-0.39, 0.29) is 11.5 Å². The summed E-state index contributed by atoms with van der Waals surface area (Å²) in [6.07, 6.45) is 2.31. The topological polar surface area (TPSA) is 89.1 Å². The lowest BCUT2D eigenvalue weighted by atomic mass is 10.2. The summed E-state index contributed by atoms with van der Waals surface area (Å²) in [5.41, 5.74) is 0.0185. The lowest BCUT2D eigenvalue weighted by Crippen LogP contribution is -1.98. The van der Waals surface area contributed by atoms with Crippen molar-refractivity contribution in [1.29, 1.82) is 0 Å². The summed E-state index contributed by atoms with van der Waals surface area (Å²) in [5.74, 6) is -2.69. The van der Waals surface area contributed by atoms with Crippen molar-refractivity contribution in [3.8, 4) is 11.5 Å². The van der Waals surface area contributed by atoms with Crippen molar-refractivity contribution in [2.24, 2.45) is 0 Å². The summed E-state index contributed by atoms with van der Waals surface area (Å²) in [4.78, 5) is 17.5. The van der Waals surface area contributed by atoms with Crippen LogP contribution in [0, 0.1) is 5.82 Å². The average Bonchev–Trinajstić information content (AvgIpc) is 2.67. The fraction of sp³-hybridized carbons (Fsp3) is 0. The predicted molar refractivity (Wildman–Crippen MR) is 44.4 cm³/mol. The van der Waals surface area contributed by atoms with Crippen molar-refractivity contribution < 1.29 is 18.8 Å². The molecule has 76 valence electrons. The SMILES string of the molecule is O=C(O)c1noc(-c2ccncc2F)n1. The molecular weight excluding hydrogens is 205 g/mol. The van der Waals surface area contributed by atoms with E-state index in [1.165, 1.54) is 12.3 Å². The molecule has 0 fully saturated rings. The monoisotopic (exact) mass is 209 g/mol. The van der Waals surface area contributed by atoms with Crippen LogP contribution in [-0.2, 0) is 0 Å². The van der Waals surface area contributed by atoms with Crippen molar-refractivity contribution >= 4 is 5.97 Å². The van der Waals surface area contributed by atoms with Crippen molar-refractivity contribution in [3.63, 3.8) is 0 Å². The molecule has 7 heteroatoms. The molecule has 0 unspecified atom stereocenters. The maximum absolute atomic E-state index is 13.1. The van der Waals surface area contributed by atoms with Gasteiger partial charge in [0.05, 0.1) is 11.8 Å². The van der Waals surface area contributed by atoms with E-state index in [9.17, 15) is 9.18 Å². The summed E-state index contributed by atoms with van der Waals surface area (Å²) >= 11 is 0. The molecule has 2 aromatic rings. The van der Waals surface area contributed by atoms with Gasteiger partial charge in [-0.2, -0.15) is 4.98 Å². The molecule has 0 radical (unpaired) electrons. The van der Waals surface area contributed by atoms with Gasteiger partial charge in [0.15, 0.2) is 5.82 Å². The molecule has 6 nitrogen and oxygen atoms in total. The minimum absolute atomic E-state index is 0.0185. The molecule has 0 bridgehead atoms. The van der Waals surface area contributed by atoms with Gasteiger partial charge in [-0.1, -0.05) is 0 Å². The molecule has 0 aliphatic heterocycles. The fourth-order valence-electron chi connectivity index (χ4n) is 0.968. The first-order valence-corrected chi connectivity index (χ1v) is 3.85. The Labute approximate surface area is 82.4 Å². The van der Waals surface area contributed by atoms with Crippen LogP contribution in [0.3, 0.4) is 0 Å². The van der Waals surface area contributed by atoms with Crippen molar-refractivity contribution in [2.45, 2.75) is 0 Å². The van der Waals surface area contributed by atoms with Crippen molar-refractivity contribution in [1.82, 2.24) is 15.1 Å². The first kappa shape index (κ1) is 9.25. The molecule has 0 amide bonds. The Morgan fingerprint density at radius 2 is 2.33 bits per heavy atom. The van der Waals surface area contributed by atoms with Gasteiger partial charge in [-0.15, -0.1) is 0 Å². The number of carbonyl (C=O) groups is 1. The van der Waals surface area contributed by atoms with Gasteiger partial charge in [-0.05, 0) is 11.2 Å². The lowest BCUT2D eigenvalue weighted by molar-refractivity contribution is 0.0680. The number of hydrogen-bond donors (Lipinski definition) is 1. The number of halogens is 1. The fourth-order valence-corrected chi connectivity index (χ4v) is 0.968. The summed E-state index contributed by atoms with van der Waals surface area (Å²) in [5, 5.41) is 11.7. The Kier molecular flexibility index (Phi) is 2.13. The third kappa shape index (κ3) is 1.66. The second-order valence-corrected chi connectivity index (χ2v) is 2.58. The number of pyridine rings is 1. The van der Waals surface area contributed by atoms with Gasteiger partial charge in [0.2, 0.25) is 0 Å². The van der Waals surface area contributed by atoms with Crippen LogP contribution in [0.1, 0.15) is 10.6 Å². The minimum atomic E-state index is -1.33. The van der Waals surface area contributed by atoms with Crippen molar-refractivity contribution in [2.75, 3.05) is 0 Å². The molecule has 0 aromatic carbocycles. The van der Waals surface area contributed by atoms with Gasteiger partial charge in [0.25, 0.3) is 11.7 Å². The van der Waals surface area contributed by atoms with E-state index in [0.717, 1.165) is 6.20 Å². The Bertz CT molecular complexity index is 511. The normalized spacial score (nSPS) is 10.2. The maximum atomic E-state index is 13.1. The lowest BCUT2D eigenvalue weighted by Gasteiger charge is -1.93. The zero-order valence-electron chi connectivity index (χ0n) is 7.22. The highest BCUT2D eigenvalue weighted by molar-refractivity contribution is 5.83. The van der Waals surface area contributed by atoms with Crippen molar-refractivity contribution in [3.05, 3.63) is 30.1 Å².